The van der Waals surface area contributed by atoms with Crippen LogP contribution in [0.2, 0.25) is 0 Å². The molecule has 0 spiro atoms. The predicted octanol–water partition coefficient (Wildman–Crippen LogP) is 4.50. The number of rotatable bonds is 6. The highest BCUT2D eigenvalue weighted by Crippen LogP contribution is 2.25. The number of esters is 1. The third kappa shape index (κ3) is 5.09. The summed E-state index contributed by atoms with van der Waals surface area (Å²) in [6.07, 6.45) is -0.658. The molecular formula is C22H27NO4. The Bertz CT molecular complexity index is 858. The highest BCUT2D eigenvalue weighted by molar-refractivity contribution is 5.96. The minimum Gasteiger partial charge on any atom is -0.481 e. The van der Waals surface area contributed by atoms with Gasteiger partial charge in [0.2, 0.25) is 0 Å². The van der Waals surface area contributed by atoms with Crippen LogP contribution < -0.4 is 10.1 Å². The molecule has 2 rings (SSSR count). The number of carbonyl (C=O) groups is 2. The van der Waals surface area contributed by atoms with Crippen molar-refractivity contribution in [3.05, 3.63) is 58.1 Å². The van der Waals surface area contributed by atoms with E-state index in [9.17, 15) is 9.59 Å². The molecule has 0 aromatic heterocycles. The van der Waals surface area contributed by atoms with Crippen LogP contribution >= 0.6 is 0 Å². The molecule has 0 saturated heterocycles. The van der Waals surface area contributed by atoms with Gasteiger partial charge in [0.25, 0.3) is 5.91 Å². The van der Waals surface area contributed by atoms with Crippen LogP contribution in [0.15, 0.2) is 30.3 Å². The van der Waals surface area contributed by atoms with E-state index >= 15 is 0 Å². The summed E-state index contributed by atoms with van der Waals surface area (Å²) < 4.78 is 10.9. The summed E-state index contributed by atoms with van der Waals surface area (Å²) in [7, 11) is 0. The zero-order chi connectivity index (χ0) is 20.1. The van der Waals surface area contributed by atoms with E-state index in [2.05, 4.69) is 11.4 Å². The molecule has 0 fully saturated rings. The minimum absolute atomic E-state index is 0.249. The molecule has 0 aliphatic rings. The van der Waals surface area contributed by atoms with Gasteiger partial charge in [0, 0.05) is 5.69 Å². The van der Waals surface area contributed by atoms with Gasteiger partial charge in [0.05, 0.1) is 12.2 Å². The van der Waals surface area contributed by atoms with Crippen LogP contribution in [0.1, 0.15) is 46.5 Å². The SMILES string of the molecule is CCOC(=O)c1ccc(NC(=O)[C@H](C)Oc2cc(C)cc(C)c2C)c(C)c1. The normalized spacial score (nSPS) is 11.6. The first-order valence-corrected chi connectivity index (χ1v) is 9.06. The highest BCUT2D eigenvalue weighted by atomic mass is 16.5. The maximum Gasteiger partial charge on any atom is 0.338 e. The van der Waals surface area contributed by atoms with Gasteiger partial charge in [-0.05, 0) is 88.1 Å². The number of anilines is 1. The van der Waals surface area contributed by atoms with Crippen LogP contribution in [0.5, 0.6) is 5.75 Å². The Morgan fingerprint density at radius 1 is 1.04 bits per heavy atom. The Morgan fingerprint density at radius 3 is 2.37 bits per heavy atom. The molecule has 2 aromatic carbocycles. The van der Waals surface area contributed by atoms with Crippen LogP contribution in [0, 0.1) is 27.7 Å². The van der Waals surface area contributed by atoms with Gasteiger partial charge >= 0.3 is 5.97 Å². The summed E-state index contributed by atoms with van der Waals surface area (Å²) in [5.41, 5.74) is 5.12. The lowest BCUT2D eigenvalue weighted by Crippen LogP contribution is -2.30. The summed E-state index contributed by atoms with van der Waals surface area (Å²) >= 11 is 0. The molecular weight excluding hydrogens is 342 g/mol. The molecule has 0 aliphatic heterocycles. The number of hydrogen-bond donors (Lipinski definition) is 1. The highest BCUT2D eigenvalue weighted by Gasteiger charge is 2.18. The Hall–Kier alpha value is -2.82. The van der Waals surface area contributed by atoms with Gasteiger partial charge in [-0.3, -0.25) is 4.79 Å². The molecule has 2 aromatic rings. The molecule has 5 heteroatoms. The number of amides is 1. The van der Waals surface area contributed by atoms with E-state index in [-0.39, 0.29) is 11.9 Å². The lowest BCUT2D eigenvalue weighted by Gasteiger charge is -2.18. The van der Waals surface area contributed by atoms with Crippen LogP contribution in [0.25, 0.3) is 0 Å². The second-order valence-corrected chi connectivity index (χ2v) is 6.70. The van der Waals surface area contributed by atoms with Gasteiger partial charge in [0.1, 0.15) is 5.75 Å². The molecule has 27 heavy (non-hydrogen) atoms. The van der Waals surface area contributed by atoms with Crippen LogP contribution in [0.3, 0.4) is 0 Å². The molecule has 0 aliphatic carbocycles. The van der Waals surface area contributed by atoms with Gasteiger partial charge in [0.15, 0.2) is 6.10 Å². The van der Waals surface area contributed by atoms with Crippen LogP contribution in [-0.4, -0.2) is 24.6 Å². The van der Waals surface area contributed by atoms with Gasteiger partial charge < -0.3 is 14.8 Å². The van der Waals surface area contributed by atoms with Crippen molar-refractivity contribution < 1.29 is 19.1 Å². The second-order valence-electron chi connectivity index (χ2n) is 6.70. The largest absolute Gasteiger partial charge is 0.481 e. The summed E-state index contributed by atoms with van der Waals surface area (Å²) in [4.78, 5) is 24.3. The van der Waals surface area contributed by atoms with Crippen molar-refractivity contribution in [2.24, 2.45) is 0 Å². The summed E-state index contributed by atoms with van der Waals surface area (Å²) in [6, 6.07) is 9.06. The molecule has 0 radical (unpaired) electrons. The van der Waals surface area contributed by atoms with E-state index in [1.165, 1.54) is 0 Å². The predicted molar refractivity (Wildman–Crippen MR) is 107 cm³/mol. The fourth-order valence-electron chi connectivity index (χ4n) is 2.75. The quantitative estimate of drug-likeness (QED) is 0.761. The maximum atomic E-state index is 12.5. The lowest BCUT2D eigenvalue weighted by molar-refractivity contribution is -0.122. The molecule has 0 unspecified atom stereocenters. The fraction of sp³-hybridized carbons (Fsp3) is 0.364. The monoisotopic (exact) mass is 369 g/mol. The second kappa shape index (κ2) is 8.71. The van der Waals surface area contributed by atoms with Crippen LogP contribution in [-0.2, 0) is 9.53 Å². The van der Waals surface area contributed by atoms with Crippen LogP contribution in [0.4, 0.5) is 5.69 Å². The smallest absolute Gasteiger partial charge is 0.338 e. The van der Waals surface area contributed by atoms with Gasteiger partial charge in [-0.25, -0.2) is 4.79 Å². The van der Waals surface area contributed by atoms with E-state index in [0.717, 1.165) is 22.3 Å². The number of aryl methyl sites for hydroxylation is 3. The van der Waals surface area contributed by atoms with Crippen molar-refractivity contribution in [1.29, 1.82) is 0 Å². The number of ether oxygens (including phenoxy) is 2. The minimum atomic E-state index is -0.658. The van der Waals surface area contributed by atoms with Crippen molar-refractivity contribution in [2.45, 2.75) is 47.6 Å². The number of nitrogens with one attached hydrogen (secondary N) is 1. The zero-order valence-electron chi connectivity index (χ0n) is 16.8. The summed E-state index contributed by atoms with van der Waals surface area (Å²) in [5, 5.41) is 2.86. The number of hydrogen-bond acceptors (Lipinski definition) is 4. The van der Waals surface area contributed by atoms with Crippen molar-refractivity contribution in [3.63, 3.8) is 0 Å². The van der Waals surface area contributed by atoms with E-state index in [0.29, 0.717) is 23.6 Å². The fourth-order valence-corrected chi connectivity index (χ4v) is 2.75. The molecule has 144 valence electrons. The van der Waals surface area contributed by atoms with Gasteiger partial charge in [-0.1, -0.05) is 6.07 Å². The van der Waals surface area contributed by atoms with Gasteiger partial charge in [-0.2, -0.15) is 0 Å². The third-order valence-electron chi connectivity index (χ3n) is 4.43. The Morgan fingerprint density at radius 2 is 1.74 bits per heavy atom. The average Bonchev–Trinajstić information content (AvgIpc) is 2.60. The molecule has 0 saturated carbocycles. The third-order valence-corrected chi connectivity index (χ3v) is 4.43. The molecule has 5 nitrogen and oxygen atoms in total. The lowest BCUT2D eigenvalue weighted by atomic mass is 10.1. The first-order valence-electron chi connectivity index (χ1n) is 9.06. The summed E-state index contributed by atoms with van der Waals surface area (Å²) in [6.45, 7) is 11.6. The van der Waals surface area contributed by atoms with Crippen molar-refractivity contribution >= 4 is 17.6 Å². The topological polar surface area (TPSA) is 64.6 Å². The molecule has 1 amide bonds. The van der Waals surface area contributed by atoms with Crippen molar-refractivity contribution in [3.8, 4) is 5.75 Å². The van der Waals surface area contributed by atoms with Gasteiger partial charge in [-0.15, -0.1) is 0 Å². The van der Waals surface area contributed by atoms with E-state index in [1.54, 1.807) is 32.0 Å². The Kier molecular flexibility index (Phi) is 6.61. The van der Waals surface area contributed by atoms with Crippen molar-refractivity contribution in [1.82, 2.24) is 0 Å². The average molecular weight is 369 g/mol. The zero-order valence-corrected chi connectivity index (χ0v) is 16.8. The van der Waals surface area contributed by atoms with E-state index < -0.39 is 6.10 Å². The first-order chi connectivity index (χ1) is 12.7. The molecule has 1 N–H and O–H groups in total. The molecule has 0 heterocycles. The number of benzene rings is 2. The van der Waals surface area contributed by atoms with E-state index in [1.807, 2.05) is 33.8 Å². The molecule has 0 bridgehead atoms. The van der Waals surface area contributed by atoms with E-state index in [4.69, 9.17) is 9.47 Å². The summed E-state index contributed by atoms with van der Waals surface area (Å²) in [5.74, 6) is 0.0885. The Balaban J connectivity index is 2.09. The first kappa shape index (κ1) is 20.5. The Labute approximate surface area is 160 Å². The number of carbonyl (C=O) groups excluding carboxylic acids is 2. The molecule has 1 atom stereocenters. The maximum absolute atomic E-state index is 12.5. The standard InChI is InChI=1S/C22H27NO4/c1-7-26-22(25)18-8-9-19(15(4)12-18)23-21(24)17(6)27-20-11-13(2)10-14(3)16(20)5/h8-12,17H,7H2,1-6H3,(H,23,24)/t17-/m0/s1. The van der Waals surface area contributed by atoms with Crippen molar-refractivity contribution in [2.75, 3.05) is 11.9 Å².